The van der Waals surface area contributed by atoms with Crippen LogP contribution in [0.4, 0.5) is 0 Å². The van der Waals surface area contributed by atoms with E-state index in [0.717, 1.165) is 37.7 Å². The molecule has 2 aliphatic rings. The first-order chi connectivity index (χ1) is 9.88. The molecule has 1 aromatic carbocycles. The van der Waals surface area contributed by atoms with Gasteiger partial charge in [0.1, 0.15) is 5.82 Å². The lowest BCUT2D eigenvalue weighted by atomic mass is 10.0. The van der Waals surface area contributed by atoms with Crippen LogP contribution in [0.1, 0.15) is 35.1 Å². The molecule has 1 fully saturated rings. The fourth-order valence-electron chi connectivity index (χ4n) is 3.39. The second kappa shape index (κ2) is 5.02. The molecule has 0 bridgehead atoms. The van der Waals surface area contributed by atoms with Crippen LogP contribution in [-0.4, -0.2) is 28.4 Å². The third-order valence-electron chi connectivity index (χ3n) is 4.46. The van der Waals surface area contributed by atoms with Crippen molar-refractivity contribution in [3.05, 3.63) is 47.0 Å². The molecule has 4 heteroatoms. The average Bonchev–Trinajstić information content (AvgIpc) is 3.18. The number of nitrogens with one attached hydrogen (secondary N) is 1. The van der Waals surface area contributed by atoms with Gasteiger partial charge in [-0.2, -0.15) is 5.10 Å². The van der Waals surface area contributed by atoms with Gasteiger partial charge < -0.3 is 4.74 Å². The van der Waals surface area contributed by atoms with E-state index in [9.17, 15) is 0 Å². The van der Waals surface area contributed by atoms with Crippen molar-refractivity contribution in [2.75, 3.05) is 13.2 Å². The van der Waals surface area contributed by atoms with E-state index in [-0.39, 0.29) is 0 Å². The molecular weight excluding hydrogens is 250 g/mol. The van der Waals surface area contributed by atoms with E-state index in [1.807, 2.05) is 0 Å². The molecule has 0 spiro atoms. The van der Waals surface area contributed by atoms with Crippen molar-refractivity contribution in [3.63, 3.8) is 0 Å². The zero-order valence-electron chi connectivity index (χ0n) is 11.5. The van der Waals surface area contributed by atoms with Crippen LogP contribution >= 0.6 is 0 Å². The molecule has 2 heterocycles. The lowest BCUT2D eigenvalue weighted by molar-refractivity contribution is 0.193. The predicted octanol–water partition coefficient (Wildman–Crippen LogP) is 2.27. The Labute approximate surface area is 118 Å². The molecule has 4 nitrogen and oxygen atoms in total. The molecule has 0 amide bonds. The number of hydrogen-bond acceptors (Lipinski definition) is 3. The lowest BCUT2D eigenvalue weighted by Crippen LogP contribution is -2.06. The number of aromatic nitrogens is 3. The van der Waals surface area contributed by atoms with Crippen molar-refractivity contribution in [1.29, 1.82) is 0 Å². The summed E-state index contributed by atoms with van der Waals surface area (Å²) in [6.45, 7) is 1.61. The highest BCUT2D eigenvalue weighted by atomic mass is 16.5. The summed E-state index contributed by atoms with van der Waals surface area (Å²) in [4.78, 5) is 4.67. The molecule has 1 atom stereocenters. The van der Waals surface area contributed by atoms with E-state index in [0.29, 0.717) is 11.8 Å². The van der Waals surface area contributed by atoms with Gasteiger partial charge in [-0.15, -0.1) is 0 Å². The quantitative estimate of drug-likeness (QED) is 0.930. The van der Waals surface area contributed by atoms with Gasteiger partial charge in [0.15, 0.2) is 5.82 Å². The first kappa shape index (κ1) is 12.1. The number of fused-ring (bicyclic) bond motifs is 1. The molecule has 20 heavy (non-hydrogen) atoms. The molecular formula is C16H19N3O. The summed E-state index contributed by atoms with van der Waals surface area (Å²) in [5.41, 5.74) is 3.00. The summed E-state index contributed by atoms with van der Waals surface area (Å²) in [5, 5.41) is 7.49. The zero-order chi connectivity index (χ0) is 13.4. The Bertz CT molecular complexity index is 576. The van der Waals surface area contributed by atoms with Gasteiger partial charge in [0.2, 0.25) is 0 Å². The minimum absolute atomic E-state index is 0.390. The Morgan fingerprint density at radius 3 is 2.70 bits per heavy atom. The van der Waals surface area contributed by atoms with E-state index in [4.69, 9.17) is 4.74 Å². The fraction of sp³-hybridized carbons (Fsp3) is 0.500. The van der Waals surface area contributed by atoms with Crippen LogP contribution in [0.5, 0.6) is 0 Å². The summed E-state index contributed by atoms with van der Waals surface area (Å²) >= 11 is 0. The summed E-state index contributed by atoms with van der Waals surface area (Å²) in [6.07, 6.45) is 4.37. The van der Waals surface area contributed by atoms with Gasteiger partial charge in [-0.3, -0.25) is 5.10 Å². The molecule has 0 radical (unpaired) electrons. The number of aromatic amines is 1. The maximum atomic E-state index is 5.40. The monoisotopic (exact) mass is 269 g/mol. The number of nitrogens with zero attached hydrogens (tertiary/aromatic N) is 2. The Balaban J connectivity index is 1.43. The predicted molar refractivity (Wildman–Crippen MR) is 75.6 cm³/mol. The van der Waals surface area contributed by atoms with Crippen LogP contribution in [0.3, 0.4) is 0 Å². The molecule has 0 saturated carbocycles. The standard InChI is InChI=1S/C16H19N3O/c1-2-4-13-8-11(7-12(13)3-1)9-15-17-16(19-18-15)14-5-6-20-10-14/h1-4,11,14H,5-10H2,(H,17,18,19). The maximum Gasteiger partial charge on any atom is 0.156 e. The van der Waals surface area contributed by atoms with Crippen molar-refractivity contribution in [3.8, 4) is 0 Å². The van der Waals surface area contributed by atoms with Crippen LogP contribution in [-0.2, 0) is 24.0 Å². The Hall–Kier alpha value is -1.68. The summed E-state index contributed by atoms with van der Waals surface area (Å²) in [5.74, 6) is 3.02. The fourth-order valence-corrected chi connectivity index (χ4v) is 3.39. The minimum Gasteiger partial charge on any atom is -0.381 e. The van der Waals surface area contributed by atoms with E-state index < -0.39 is 0 Å². The van der Waals surface area contributed by atoms with Crippen LogP contribution < -0.4 is 0 Å². The Kier molecular flexibility index (Phi) is 3.03. The van der Waals surface area contributed by atoms with Crippen molar-refractivity contribution >= 4 is 0 Å². The number of H-pyrrole nitrogens is 1. The van der Waals surface area contributed by atoms with Crippen LogP contribution in [0.2, 0.25) is 0 Å². The number of ether oxygens (including phenoxy) is 1. The van der Waals surface area contributed by atoms with E-state index in [2.05, 4.69) is 39.4 Å². The van der Waals surface area contributed by atoms with Crippen molar-refractivity contribution in [2.24, 2.45) is 5.92 Å². The number of hydrogen-bond donors (Lipinski definition) is 1. The molecule has 1 unspecified atom stereocenters. The minimum atomic E-state index is 0.390. The molecule has 1 N–H and O–H groups in total. The largest absolute Gasteiger partial charge is 0.381 e. The third kappa shape index (κ3) is 2.24. The third-order valence-corrected chi connectivity index (χ3v) is 4.46. The van der Waals surface area contributed by atoms with Crippen LogP contribution in [0, 0.1) is 5.92 Å². The maximum absolute atomic E-state index is 5.40. The highest BCUT2D eigenvalue weighted by Gasteiger charge is 2.25. The highest BCUT2D eigenvalue weighted by molar-refractivity contribution is 5.32. The van der Waals surface area contributed by atoms with Crippen molar-refractivity contribution < 1.29 is 4.74 Å². The zero-order valence-corrected chi connectivity index (χ0v) is 11.5. The smallest absolute Gasteiger partial charge is 0.156 e. The van der Waals surface area contributed by atoms with Gasteiger partial charge >= 0.3 is 0 Å². The number of benzene rings is 1. The second-order valence-corrected chi connectivity index (χ2v) is 5.95. The van der Waals surface area contributed by atoms with Crippen LogP contribution in [0.25, 0.3) is 0 Å². The molecule has 1 aromatic heterocycles. The van der Waals surface area contributed by atoms with Gasteiger partial charge in [-0.1, -0.05) is 24.3 Å². The van der Waals surface area contributed by atoms with Gasteiger partial charge in [-0.05, 0) is 36.3 Å². The first-order valence-corrected chi connectivity index (χ1v) is 7.44. The summed E-state index contributed by atoms with van der Waals surface area (Å²) in [6, 6.07) is 8.76. The number of rotatable bonds is 3. The molecule has 1 aliphatic heterocycles. The van der Waals surface area contributed by atoms with Gasteiger partial charge in [0.05, 0.1) is 6.61 Å². The average molecular weight is 269 g/mol. The SMILES string of the molecule is c1ccc2c(c1)CC(Cc1nc(C3CCOC3)n[nH]1)C2. The van der Waals surface area contributed by atoms with Gasteiger partial charge in [0.25, 0.3) is 0 Å². The Morgan fingerprint density at radius 1 is 1.20 bits per heavy atom. The lowest BCUT2D eigenvalue weighted by Gasteiger charge is -2.05. The highest BCUT2D eigenvalue weighted by Crippen LogP contribution is 2.29. The second-order valence-electron chi connectivity index (χ2n) is 5.95. The topological polar surface area (TPSA) is 50.8 Å². The first-order valence-electron chi connectivity index (χ1n) is 7.44. The molecule has 4 rings (SSSR count). The van der Waals surface area contributed by atoms with Crippen LogP contribution in [0.15, 0.2) is 24.3 Å². The Morgan fingerprint density at radius 2 is 2.00 bits per heavy atom. The van der Waals surface area contributed by atoms with E-state index in [1.54, 1.807) is 0 Å². The summed E-state index contributed by atoms with van der Waals surface area (Å²) in [7, 11) is 0. The van der Waals surface area contributed by atoms with Gasteiger partial charge in [0, 0.05) is 18.9 Å². The molecule has 2 aromatic rings. The molecule has 104 valence electrons. The van der Waals surface area contributed by atoms with Gasteiger partial charge in [-0.25, -0.2) is 4.98 Å². The van der Waals surface area contributed by atoms with E-state index >= 15 is 0 Å². The molecule has 1 aliphatic carbocycles. The van der Waals surface area contributed by atoms with E-state index in [1.165, 1.54) is 24.0 Å². The normalized spacial score (nSPS) is 22.3. The van der Waals surface area contributed by atoms with Crippen molar-refractivity contribution in [1.82, 2.24) is 15.2 Å². The van der Waals surface area contributed by atoms with Crippen molar-refractivity contribution in [2.45, 2.75) is 31.6 Å². The molecule has 1 saturated heterocycles. The summed E-state index contributed by atoms with van der Waals surface area (Å²) < 4.78 is 5.40.